The molecule has 0 saturated carbocycles. The quantitative estimate of drug-likeness (QED) is 0.732. The standard InChI is InChI=1S/C13H24N2O2/c1-13(2,3)17-12(16)9-15-6-4-5-10-7-14-8-11(10)15/h10-11,14H,4-9H2,1-3H3. The molecule has 0 aromatic carbocycles. The number of fused-ring (bicyclic) bond motifs is 1. The molecule has 2 heterocycles. The molecule has 4 nitrogen and oxygen atoms in total. The van der Waals surface area contributed by atoms with Crippen LogP contribution in [0.2, 0.25) is 0 Å². The molecule has 0 spiro atoms. The van der Waals surface area contributed by atoms with Crippen LogP contribution in [-0.4, -0.2) is 48.7 Å². The molecule has 17 heavy (non-hydrogen) atoms. The molecule has 0 radical (unpaired) electrons. The topological polar surface area (TPSA) is 41.6 Å². The summed E-state index contributed by atoms with van der Waals surface area (Å²) in [5.74, 6) is 0.635. The minimum atomic E-state index is -0.375. The van der Waals surface area contributed by atoms with Crippen molar-refractivity contribution in [1.29, 1.82) is 0 Å². The van der Waals surface area contributed by atoms with Crippen LogP contribution in [0.3, 0.4) is 0 Å². The van der Waals surface area contributed by atoms with Crippen molar-refractivity contribution in [3.05, 3.63) is 0 Å². The minimum Gasteiger partial charge on any atom is -0.459 e. The zero-order chi connectivity index (χ0) is 12.5. The number of hydrogen-bond acceptors (Lipinski definition) is 4. The maximum atomic E-state index is 11.8. The van der Waals surface area contributed by atoms with E-state index in [1.165, 1.54) is 12.8 Å². The van der Waals surface area contributed by atoms with Gasteiger partial charge >= 0.3 is 5.97 Å². The Bertz CT molecular complexity index is 286. The number of piperidine rings is 1. The van der Waals surface area contributed by atoms with Crippen molar-refractivity contribution in [3.63, 3.8) is 0 Å². The Morgan fingerprint density at radius 3 is 2.88 bits per heavy atom. The molecule has 0 aromatic rings. The van der Waals surface area contributed by atoms with Crippen molar-refractivity contribution in [1.82, 2.24) is 10.2 Å². The Morgan fingerprint density at radius 1 is 1.41 bits per heavy atom. The largest absolute Gasteiger partial charge is 0.459 e. The molecule has 0 bridgehead atoms. The van der Waals surface area contributed by atoms with Crippen LogP contribution >= 0.6 is 0 Å². The number of esters is 1. The summed E-state index contributed by atoms with van der Waals surface area (Å²) in [4.78, 5) is 14.1. The van der Waals surface area contributed by atoms with E-state index in [0.717, 1.165) is 25.6 Å². The number of likely N-dealkylation sites (tertiary alicyclic amines) is 1. The third-order valence-electron chi connectivity index (χ3n) is 3.55. The number of nitrogens with one attached hydrogen (secondary N) is 1. The van der Waals surface area contributed by atoms with E-state index in [2.05, 4.69) is 10.2 Å². The number of carbonyl (C=O) groups excluding carboxylic acids is 1. The van der Waals surface area contributed by atoms with E-state index >= 15 is 0 Å². The van der Waals surface area contributed by atoms with E-state index in [0.29, 0.717) is 12.6 Å². The summed E-state index contributed by atoms with van der Waals surface area (Å²) in [6.45, 7) is 9.36. The van der Waals surface area contributed by atoms with E-state index in [4.69, 9.17) is 4.74 Å². The van der Waals surface area contributed by atoms with Gasteiger partial charge in [0.05, 0.1) is 6.54 Å². The SMILES string of the molecule is CC(C)(C)OC(=O)CN1CCCC2CNCC21. The smallest absolute Gasteiger partial charge is 0.320 e. The molecular formula is C13H24N2O2. The van der Waals surface area contributed by atoms with Gasteiger partial charge < -0.3 is 10.1 Å². The van der Waals surface area contributed by atoms with Gasteiger partial charge in [-0.05, 0) is 52.6 Å². The number of nitrogens with zero attached hydrogens (tertiary/aromatic N) is 1. The number of hydrogen-bond donors (Lipinski definition) is 1. The van der Waals surface area contributed by atoms with E-state index in [9.17, 15) is 4.79 Å². The average Bonchev–Trinajstić information content (AvgIpc) is 2.63. The van der Waals surface area contributed by atoms with Gasteiger partial charge in [-0.15, -0.1) is 0 Å². The van der Waals surface area contributed by atoms with Crippen LogP contribution in [0.1, 0.15) is 33.6 Å². The fourth-order valence-electron chi connectivity index (χ4n) is 2.90. The van der Waals surface area contributed by atoms with Crippen LogP contribution in [0.25, 0.3) is 0 Å². The second-order valence-corrected chi connectivity index (χ2v) is 6.18. The zero-order valence-corrected chi connectivity index (χ0v) is 11.2. The van der Waals surface area contributed by atoms with E-state index < -0.39 is 0 Å². The van der Waals surface area contributed by atoms with Crippen LogP contribution < -0.4 is 5.32 Å². The molecule has 0 amide bonds. The van der Waals surface area contributed by atoms with Gasteiger partial charge in [0.2, 0.25) is 0 Å². The summed E-state index contributed by atoms with van der Waals surface area (Å²) in [5.41, 5.74) is -0.375. The van der Waals surface area contributed by atoms with E-state index in [-0.39, 0.29) is 11.6 Å². The molecule has 0 aliphatic carbocycles. The summed E-state index contributed by atoms with van der Waals surface area (Å²) < 4.78 is 5.39. The lowest BCUT2D eigenvalue weighted by molar-refractivity contribution is -0.157. The summed E-state index contributed by atoms with van der Waals surface area (Å²) in [5, 5.41) is 3.42. The molecule has 2 fully saturated rings. The van der Waals surface area contributed by atoms with Gasteiger partial charge in [-0.1, -0.05) is 0 Å². The fraction of sp³-hybridized carbons (Fsp3) is 0.923. The Labute approximate surface area is 104 Å². The lowest BCUT2D eigenvalue weighted by atomic mass is 9.92. The number of ether oxygens (including phenoxy) is 1. The molecule has 2 aliphatic rings. The van der Waals surface area contributed by atoms with E-state index in [1.54, 1.807) is 0 Å². The normalized spacial score (nSPS) is 30.1. The molecule has 4 heteroatoms. The maximum absolute atomic E-state index is 11.8. The minimum absolute atomic E-state index is 0.0925. The first kappa shape index (κ1) is 12.8. The lowest BCUT2D eigenvalue weighted by Gasteiger charge is -2.36. The van der Waals surface area contributed by atoms with Crippen molar-refractivity contribution in [2.75, 3.05) is 26.2 Å². The number of carbonyl (C=O) groups is 1. The number of rotatable bonds is 2. The summed E-state index contributed by atoms with van der Waals surface area (Å²) >= 11 is 0. The van der Waals surface area contributed by atoms with Gasteiger partial charge in [0, 0.05) is 12.6 Å². The second kappa shape index (κ2) is 4.94. The summed E-state index contributed by atoms with van der Waals surface area (Å²) in [6, 6.07) is 0.538. The highest BCUT2D eigenvalue weighted by molar-refractivity contribution is 5.72. The average molecular weight is 240 g/mol. The van der Waals surface area contributed by atoms with Crippen LogP contribution in [0.15, 0.2) is 0 Å². The Morgan fingerprint density at radius 2 is 2.18 bits per heavy atom. The monoisotopic (exact) mass is 240 g/mol. The molecule has 2 aliphatic heterocycles. The van der Waals surface area contributed by atoms with Crippen molar-refractivity contribution in [2.45, 2.75) is 45.3 Å². The predicted octanol–water partition coefficient (Wildman–Crippen LogP) is 1.01. The lowest BCUT2D eigenvalue weighted by Crippen LogP contribution is -2.48. The summed E-state index contributed by atoms with van der Waals surface area (Å²) in [6.07, 6.45) is 2.49. The Kier molecular flexibility index (Phi) is 3.73. The molecule has 1 N–H and O–H groups in total. The third-order valence-corrected chi connectivity index (χ3v) is 3.55. The van der Waals surface area contributed by atoms with Gasteiger partial charge in [0.1, 0.15) is 5.60 Å². The molecular weight excluding hydrogens is 216 g/mol. The van der Waals surface area contributed by atoms with Gasteiger partial charge in [-0.2, -0.15) is 0 Å². The highest BCUT2D eigenvalue weighted by atomic mass is 16.6. The van der Waals surface area contributed by atoms with Crippen molar-refractivity contribution in [3.8, 4) is 0 Å². The molecule has 98 valence electrons. The molecule has 2 atom stereocenters. The Hall–Kier alpha value is -0.610. The van der Waals surface area contributed by atoms with Gasteiger partial charge in [0.15, 0.2) is 0 Å². The van der Waals surface area contributed by atoms with Crippen LogP contribution in [0.4, 0.5) is 0 Å². The highest BCUT2D eigenvalue weighted by Gasteiger charge is 2.36. The molecule has 2 unspecified atom stereocenters. The molecule has 2 saturated heterocycles. The van der Waals surface area contributed by atoms with Gasteiger partial charge in [-0.25, -0.2) is 0 Å². The van der Waals surface area contributed by atoms with Crippen LogP contribution in [-0.2, 0) is 9.53 Å². The first-order valence-corrected chi connectivity index (χ1v) is 6.62. The first-order valence-electron chi connectivity index (χ1n) is 6.62. The predicted molar refractivity (Wildman–Crippen MR) is 66.8 cm³/mol. The maximum Gasteiger partial charge on any atom is 0.320 e. The Balaban J connectivity index is 1.87. The van der Waals surface area contributed by atoms with Crippen molar-refractivity contribution >= 4 is 5.97 Å². The van der Waals surface area contributed by atoms with Crippen LogP contribution in [0.5, 0.6) is 0 Å². The summed E-state index contributed by atoms with van der Waals surface area (Å²) in [7, 11) is 0. The fourth-order valence-corrected chi connectivity index (χ4v) is 2.90. The highest BCUT2D eigenvalue weighted by Crippen LogP contribution is 2.26. The molecule has 0 aromatic heterocycles. The third kappa shape index (κ3) is 3.42. The van der Waals surface area contributed by atoms with Gasteiger partial charge in [0.25, 0.3) is 0 Å². The molecule has 2 rings (SSSR count). The first-order chi connectivity index (χ1) is 7.96. The van der Waals surface area contributed by atoms with Crippen molar-refractivity contribution < 1.29 is 9.53 Å². The van der Waals surface area contributed by atoms with E-state index in [1.807, 2.05) is 20.8 Å². The zero-order valence-electron chi connectivity index (χ0n) is 11.2. The van der Waals surface area contributed by atoms with Gasteiger partial charge in [-0.3, -0.25) is 9.69 Å². The van der Waals surface area contributed by atoms with Crippen molar-refractivity contribution in [2.24, 2.45) is 5.92 Å². The second-order valence-electron chi connectivity index (χ2n) is 6.18. The van der Waals surface area contributed by atoms with Crippen LogP contribution in [0, 0.1) is 5.92 Å².